The summed E-state index contributed by atoms with van der Waals surface area (Å²) in [6, 6.07) is 4.78. The summed E-state index contributed by atoms with van der Waals surface area (Å²) < 4.78 is 24.2. The minimum atomic E-state index is -1.50. The number of aromatic nitrogens is 2. The van der Waals surface area contributed by atoms with E-state index in [0.29, 0.717) is 28.4 Å². The first-order valence-corrected chi connectivity index (χ1v) is 8.96. The van der Waals surface area contributed by atoms with E-state index in [-0.39, 0.29) is 30.8 Å². The van der Waals surface area contributed by atoms with E-state index in [1.165, 1.54) is 40.1 Å². The van der Waals surface area contributed by atoms with Crippen LogP contribution >= 0.6 is 0 Å². The lowest BCUT2D eigenvalue weighted by molar-refractivity contribution is -0.114. The molecule has 2 aromatic rings. The molecule has 0 spiro atoms. The summed E-state index contributed by atoms with van der Waals surface area (Å²) in [5, 5.41) is 5.34. The van der Waals surface area contributed by atoms with E-state index in [4.69, 9.17) is 9.47 Å². The topological polar surface area (TPSA) is 102 Å². The van der Waals surface area contributed by atoms with E-state index in [1.54, 1.807) is 19.1 Å². The van der Waals surface area contributed by atoms with E-state index in [1.807, 2.05) is 0 Å². The van der Waals surface area contributed by atoms with Crippen LogP contribution < -0.4 is 20.1 Å². The molecule has 9 heteroatoms. The Morgan fingerprint density at radius 2 is 1.97 bits per heavy atom. The zero-order valence-corrected chi connectivity index (χ0v) is 17.1. The van der Waals surface area contributed by atoms with Crippen molar-refractivity contribution < 1.29 is 23.5 Å². The van der Waals surface area contributed by atoms with Crippen molar-refractivity contribution >= 4 is 17.6 Å². The summed E-state index contributed by atoms with van der Waals surface area (Å²) in [6.45, 7) is 5.93. The smallest absolute Gasteiger partial charge is 0.257 e. The number of methoxy groups -OCH3 is 1. The zero-order valence-electron chi connectivity index (χ0n) is 17.1. The Labute approximate surface area is 168 Å². The first-order chi connectivity index (χ1) is 13.6. The van der Waals surface area contributed by atoms with Gasteiger partial charge >= 0.3 is 0 Å². The Kier molecular flexibility index (Phi) is 7.08. The Morgan fingerprint density at radius 1 is 1.24 bits per heavy atom. The van der Waals surface area contributed by atoms with Crippen LogP contribution in [0, 0.1) is 6.92 Å². The molecule has 0 aromatic carbocycles. The molecule has 29 heavy (non-hydrogen) atoms. The summed E-state index contributed by atoms with van der Waals surface area (Å²) in [4.78, 5) is 32.0. The van der Waals surface area contributed by atoms with Crippen LogP contribution in [0.3, 0.4) is 0 Å². The molecule has 2 aromatic heterocycles. The minimum absolute atomic E-state index is 0.162. The fourth-order valence-electron chi connectivity index (χ4n) is 2.39. The van der Waals surface area contributed by atoms with Crippen molar-refractivity contribution in [3.05, 3.63) is 41.2 Å². The fraction of sp³-hybridized carbons (Fsp3) is 0.400. The lowest BCUT2D eigenvalue weighted by atomic mass is 10.2. The predicted molar refractivity (Wildman–Crippen MR) is 106 cm³/mol. The number of ether oxygens (including phenoxy) is 2. The molecule has 0 saturated carbocycles. The Balaban J connectivity index is 2.06. The largest absolute Gasteiger partial charge is 0.491 e. The second-order valence-electron chi connectivity index (χ2n) is 7.10. The standard InChI is InChI=1S/C20H25FN4O4/c1-12-6-15(8-17(24-12)25-13(2)26)18(27)22-9-14-7-16(28-5)19(23-10-14)29-11-20(3,4)21/h6-8,10H,9,11H2,1-5H3,(H,22,27)(H,24,25,26). The monoisotopic (exact) mass is 404 g/mol. The van der Waals surface area contributed by atoms with Crippen LogP contribution in [0.5, 0.6) is 11.6 Å². The van der Waals surface area contributed by atoms with Crippen molar-refractivity contribution in [2.24, 2.45) is 0 Å². The molecule has 2 rings (SSSR count). The summed E-state index contributed by atoms with van der Waals surface area (Å²) >= 11 is 0. The predicted octanol–water partition coefficient (Wildman–Crippen LogP) is 2.81. The van der Waals surface area contributed by atoms with E-state index in [0.717, 1.165) is 0 Å². The van der Waals surface area contributed by atoms with Crippen molar-refractivity contribution in [1.29, 1.82) is 0 Å². The van der Waals surface area contributed by atoms with Gasteiger partial charge in [0.25, 0.3) is 11.8 Å². The second kappa shape index (κ2) is 9.31. The van der Waals surface area contributed by atoms with Gasteiger partial charge in [-0.25, -0.2) is 14.4 Å². The molecule has 2 heterocycles. The third kappa shape index (κ3) is 7.02. The molecule has 0 fully saturated rings. The molecule has 2 amide bonds. The van der Waals surface area contributed by atoms with Crippen molar-refractivity contribution in [2.75, 3.05) is 19.0 Å². The number of carbonyl (C=O) groups excluding carboxylic acids is 2. The first-order valence-electron chi connectivity index (χ1n) is 8.96. The van der Waals surface area contributed by atoms with E-state index >= 15 is 0 Å². The molecule has 0 aliphatic heterocycles. The molecule has 2 N–H and O–H groups in total. The fourth-order valence-corrected chi connectivity index (χ4v) is 2.39. The summed E-state index contributed by atoms with van der Waals surface area (Å²) in [7, 11) is 1.45. The van der Waals surface area contributed by atoms with Crippen LogP contribution in [0.25, 0.3) is 0 Å². The summed E-state index contributed by atoms with van der Waals surface area (Å²) in [5.74, 6) is 0.224. The number of nitrogens with zero attached hydrogens (tertiary/aromatic N) is 2. The Hall–Kier alpha value is -3.23. The Morgan fingerprint density at radius 3 is 2.59 bits per heavy atom. The molecule has 0 aliphatic carbocycles. The van der Waals surface area contributed by atoms with Gasteiger partial charge in [0.2, 0.25) is 5.91 Å². The minimum Gasteiger partial charge on any atom is -0.491 e. The number of hydrogen-bond acceptors (Lipinski definition) is 6. The number of anilines is 1. The number of nitrogens with one attached hydrogen (secondary N) is 2. The lowest BCUT2D eigenvalue weighted by Crippen LogP contribution is -2.24. The molecule has 0 radical (unpaired) electrons. The number of alkyl halides is 1. The van der Waals surface area contributed by atoms with Gasteiger partial charge in [0.15, 0.2) is 5.75 Å². The molecular weight excluding hydrogens is 379 g/mol. The maximum atomic E-state index is 13.6. The summed E-state index contributed by atoms with van der Waals surface area (Å²) in [6.07, 6.45) is 1.52. The number of halogens is 1. The normalized spacial score (nSPS) is 11.0. The Bertz CT molecular complexity index is 897. The third-order valence-electron chi connectivity index (χ3n) is 3.62. The average molecular weight is 404 g/mol. The number of rotatable bonds is 8. The number of carbonyl (C=O) groups is 2. The van der Waals surface area contributed by atoms with Gasteiger partial charge < -0.3 is 20.1 Å². The van der Waals surface area contributed by atoms with Crippen molar-refractivity contribution in [1.82, 2.24) is 15.3 Å². The van der Waals surface area contributed by atoms with Crippen LogP contribution in [0.15, 0.2) is 24.4 Å². The summed E-state index contributed by atoms with van der Waals surface area (Å²) in [5.41, 5.74) is 0.140. The highest BCUT2D eigenvalue weighted by Crippen LogP contribution is 2.26. The van der Waals surface area contributed by atoms with Crippen molar-refractivity contribution in [2.45, 2.75) is 39.9 Å². The van der Waals surface area contributed by atoms with Gasteiger partial charge in [0.05, 0.1) is 7.11 Å². The van der Waals surface area contributed by atoms with Crippen LogP contribution in [0.2, 0.25) is 0 Å². The zero-order chi connectivity index (χ0) is 21.6. The van der Waals surface area contributed by atoms with Gasteiger partial charge in [-0.15, -0.1) is 0 Å². The maximum Gasteiger partial charge on any atom is 0.257 e. The number of amides is 2. The third-order valence-corrected chi connectivity index (χ3v) is 3.62. The first kappa shape index (κ1) is 22.1. The number of hydrogen-bond donors (Lipinski definition) is 2. The highest BCUT2D eigenvalue weighted by Gasteiger charge is 2.19. The molecule has 8 nitrogen and oxygen atoms in total. The number of aryl methyl sites for hydroxylation is 1. The molecule has 0 bridgehead atoms. The highest BCUT2D eigenvalue weighted by molar-refractivity contribution is 5.96. The highest BCUT2D eigenvalue weighted by atomic mass is 19.1. The van der Waals surface area contributed by atoms with Crippen molar-refractivity contribution in [3.63, 3.8) is 0 Å². The SMILES string of the molecule is COc1cc(CNC(=O)c2cc(C)nc(NC(C)=O)c2)cnc1OCC(C)(C)F. The van der Waals surface area contributed by atoms with Crippen LogP contribution in [-0.4, -0.2) is 41.2 Å². The second-order valence-corrected chi connectivity index (χ2v) is 7.10. The van der Waals surface area contributed by atoms with Crippen LogP contribution in [0.1, 0.15) is 42.4 Å². The van der Waals surface area contributed by atoms with E-state index in [9.17, 15) is 14.0 Å². The van der Waals surface area contributed by atoms with E-state index < -0.39 is 5.67 Å². The van der Waals surface area contributed by atoms with Gasteiger partial charge in [-0.3, -0.25) is 9.59 Å². The average Bonchev–Trinajstić information content (AvgIpc) is 2.62. The van der Waals surface area contributed by atoms with Crippen molar-refractivity contribution in [3.8, 4) is 11.6 Å². The van der Waals surface area contributed by atoms with Gasteiger partial charge in [-0.05, 0) is 44.5 Å². The van der Waals surface area contributed by atoms with Gasteiger partial charge in [-0.1, -0.05) is 0 Å². The quantitative estimate of drug-likeness (QED) is 0.701. The van der Waals surface area contributed by atoms with E-state index in [2.05, 4.69) is 20.6 Å². The van der Waals surface area contributed by atoms with Gasteiger partial charge in [-0.2, -0.15) is 0 Å². The van der Waals surface area contributed by atoms with Gasteiger partial charge in [0, 0.05) is 30.9 Å². The molecule has 0 aliphatic rings. The van der Waals surface area contributed by atoms with Gasteiger partial charge in [0.1, 0.15) is 18.1 Å². The molecule has 0 saturated heterocycles. The molecule has 0 atom stereocenters. The van der Waals surface area contributed by atoms with Crippen LogP contribution in [0.4, 0.5) is 10.2 Å². The lowest BCUT2D eigenvalue weighted by Gasteiger charge is -2.16. The molecular formula is C20H25FN4O4. The van der Waals surface area contributed by atoms with Crippen LogP contribution in [-0.2, 0) is 11.3 Å². The maximum absolute atomic E-state index is 13.6. The molecule has 156 valence electrons. The number of pyridine rings is 2. The molecule has 0 unspecified atom stereocenters.